The quantitative estimate of drug-likeness (QED) is 0.371. The van der Waals surface area contributed by atoms with Gasteiger partial charge in [0.25, 0.3) is 0 Å². The summed E-state index contributed by atoms with van der Waals surface area (Å²) in [6.07, 6.45) is 4.31. The van der Waals surface area contributed by atoms with E-state index in [9.17, 15) is 0 Å². The van der Waals surface area contributed by atoms with Gasteiger partial charge in [0.2, 0.25) is 0 Å². The first-order chi connectivity index (χ1) is 13.7. The summed E-state index contributed by atoms with van der Waals surface area (Å²) in [7, 11) is 3.30. The predicted molar refractivity (Wildman–Crippen MR) is 112 cm³/mol. The van der Waals surface area contributed by atoms with E-state index in [1.165, 1.54) is 12.8 Å². The summed E-state index contributed by atoms with van der Waals surface area (Å²) >= 11 is 3.28. The predicted octanol–water partition coefficient (Wildman–Crippen LogP) is 4.77. The number of benzene rings is 1. The molecule has 0 N–H and O–H groups in total. The van der Waals surface area contributed by atoms with Gasteiger partial charge in [-0.1, -0.05) is 17.8 Å². The van der Waals surface area contributed by atoms with E-state index in [4.69, 9.17) is 14.5 Å². The van der Waals surface area contributed by atoms with E-state index < -0.39 is 0 Å². The van der Waals surface area contributed by atoms with Crippen molar-refractivity contribution in [3.05, 3.63) is 47.8 Å². The summed E-state index contributed by atoms with van der Waals surface area (Å²) in [4.78, 5) is 4.79. The van der Waals surface area contributed by atoms with E-state index in [1.807, 2.05) is 24.3 Å². The summed E-state index contributed by atoms with van der Waals surface area (Å²) < 4.78 is 13.0. The number of nitrogens with zero attached hydrogens (tertiary/aromatic N) is 4. The minimum Gasteiger partial charge on any atom is -0.497 e. The van der Waals surface area contributed by atoms with E-state index in [-0.39, 0.29) is 0 Å². The third-order valence-electron chi connectivity index (χ3n) is 4.54. The SMILES string of the molecule is C=CCn1c(SCc2csc(-c3ccc(OC)cc3OC)n2)nnc1C1CC1. The lowest BCUT2D eigenvalue weighted by Gasteiger charge is -2.08. The Labute approximate surface area is 172 Å². The maximum Gasteiger partial charge on any atom is 0.191 e. The van der Waals surface area contributed by atoms with Crippen LogP contribution in [0.25, 0.3) is 10.6 Å². The van der Waals surface area contributed by atoms with Crippen molar-refractivity contribution >= 4 is 23.1 Å². The highest BCUT2D eigenvalue weighted by molar-refractivity contribution is 7.98. The lowest BCUT2D eigenvalue weighted by molar-refractivity contribution is 0.395. The van der Waals surface area contributed by atoms with E-state index in [1.54, 1.807) is 37.3 Å². The number of rotatable bonds is 9. The van der Waals surface area contributed by atoms with E-state index >= 15 is 0 Å². The maximum atomic E-state index is 5.50. The second kappa shape index (κ2) is 8.36. The molecule has 2 heterocycles. The van der Waals surface area contributed by atoms with Crippen LogP contribution in [0.15, 0.2) is 41.4 Å². The van der Waals surface area contributed by atoms with E-state index in [0.717, 1.165) is 51.0 Å². The molecule has 0 saturated heterocycles. The van der Waals surface area contributed by atoms with Crippen molar-refractivity contribution in [1.29, 1.82) is 0 Å². The van der Waals surface area contributed by atoms with Crippen LogP contribution in [0.1, 0.15) is 30.3 Å². The molecule has 8 heteroatoms. The van der Waals surface area contributed by atoms with Gasteiger partial charge in [0, 0.05) is 29.7 Å². The highest BCUT2D eigenvalue weighted by atomic mass is 32.2. The van der Waals surface area contributed by atoms with Crippen molar-refractivity contribution in [2.45, 2.75) is 36.2 Å². The molecule has 6 nitrogen and oxygen atoms in total. The molecule has 28 heavy (non-hydrogen) atoms. The van der Waals surface area contributed by atoms with Crippen molar-refractivity contribution in [3.63, 3.8) is 0 Å². The van der Waals surface area contributed by atoms with Gasteiger partial charge in [-0.05, 0) is 25.0 Å². The average molecular weight is 415 g/mol. The number of hydrogen-bond donors (Lipinski definition) is 0. The number of methoxy groups -OCH3 is 2. The van der Waals surface area contributed by atoms with Crippen LogP contribution in [0, 0.1) is 0 Å². The number of ether oxygens (including phenoxy) is 2. The Morgan fingerprint density at radius 3 is 2.86 bits per heavy atom. The fourth-order valence-electron chi connectivity index (χ4n) is 2.96. The second-order valence-corrected chi connectivity index (χ2v) is 8.31. The molecule has 0 spiro atoms. The lowest BCUT2D eigenvalue weighted by atomic mass is 10.2. The molecule has 0 unspecified atom stereocenters. The fourth-order valence-corrected chi connectivity index (χ4v) is 4.76. The van der Waals surface area contributed by atoms with E-state index in [0.29, 0.717) is 5.92 Å². The van der Waals surface area contributed by atoms with Gasteiger partial charge in [-0.2, -0.15) is 0 Å². The van der Waals surface area contributed by atoms with Crippen molar-refractivity contribution in [2.24, 2.45) is 0 Å². The molecule has 3 aromatic rings. The van der Waals surface area contributed by atoms with Crippen molar-refractivity contribution in [1.82, 2.24) is 19.7 Å². The summed E-state index contributed by atoms with van der Waals surface area (Å²) in [5.74, 6) is 3.92. The molecule has 1 fully saturated rings. The van der Waals surface area contributed by atoms with Gasteiger partial charge in [0.1, 0.15) is 22.3 Å². The third-order valence-corrected chi connectivity index (χ3v) is 6.46. The highest BCUT2D eigenvalue weighted by Gasteiger charge is 2.30. The largest absolute Gasteiger partial charge is 0.497 e. The van der Waals surface area contributed by atoms with Crippen LogP contribution in [0.3, 0.4) is 0 Å². The molecule has 1 saturated carbocycles. The summed E-state index contributed by atoms with van der Waals surface area (Å²) in [6, 6.07) is 5.78. The standard InChI is InChI=1S/C20H22N4O2S2/c1-4-9-24-18(13-5-6-13)22-23-20(24)28-12-14-11-27-19(21-14)16-8-7-15(25-2)10-17(16)26-3/h4,7-8,10-11,13H,1,5-6,9,12H2,2-3H3. The molecule has 0 radical (unpaired) electrons. The van der Waals surface area contributed by atoms with Crippen LogP contribution in [-0.2, 0) is 12.3 Å². The zero-order valence-electron chi connectivity index (χ0n) is 15.9. The molecule has 146 valence electrons. The molecule has 4 rings (SSSR count). The van der Waals surface area contributed by atoms with Gasteiger partial charge < -0.3 is 14.0 Å². The lowest BCUT2D eigenvalue weighted by Crippen LogP contribution is -2.02. The Kier molecular flexibility index (Phi) is 5.68. The number of aromatic nitrogens is 4. The summed E-state index contributed by atoms with van der Waals surface area (Å²) in [5.41, 5.74) is 1.99. The molecule has 0 amide bonds. The zero-order chi connectivity index (χ0) is 19.5. The van der Waals surface area contributed by atoms with Crippen LogP contribution in [-0.4, -0.2) is 34.0 Å². The summed E-state index contributed by atoms with van der Waals surface area (Å²) in [5, 5.41) is 12.7. The monoisotopic (exact) mass is 414 g/mol. The van der Waals surface area contributed by atoms with Crippen LogP contribution in [0.2, 0.25) is 0 Å². The molecule has 1 aliphatic carbocycles. The first-order valence-electron chi connectivity index (χ1n) is 9.07. The molecular weight excluding hydrogens is 392 g/mol. The van der Waals surface area contributed by atoms with Crippen LogP contribution < -0.4 is 9.47 Å². The Balaban J connectivity index is 1.50. The van der Waals surface area contributed by atoms with Crippen LogP contribution in [0.4, 0.5) is 0 Å². The smallest absolute Gasteiger partial charge is 0.191 e. The van der Waals surface area contributed by atoms with Gasteiger partial charge >= 0.3 is 0 Å². The van der Waals surface area contributed by atoms with Crippen molar-refractivity contribution in [3.8, 4) is 22.1 Å². The number of thiazole rings is 1. The van der Waals surface area contributed by atoms with Crippen molar-refractivity contribution < 1.29 is 9.47 Å². The zero-order valence-corrected chi connectivity index (χ0v) is 17.6. The van der Waals surface area contributed by atoms with Gasteiger partial charge in [0.05, 0.1) is 25.5 Å². The third kappa shape index (κ3) is 3.93. The van der Waals surface area contributed by atoms with Gasteiger partial charge in [-0.25, -0.2) is 4.98 Å². The molecule has 0 aliphatic heterocycles. The molecular formula is C20H22N4O2S2. The van der Waals surface area contributed by atoms with Gasteiger partial charge in [-0.15, -0.1) is 28.1 Å². The van der Waals surface area contributed by atoms with Crippen LogP contribution in [0.5, 0.6) is 11.5 Å². The second-order valence-electron chi connectivity index (χ2n) is 6.51. The summed E-state index contributed by atoms with van der Waals surface area (Å²) in [6.45, 7) is 4.61. The first kappa shape index (κ1) is 19.0. The molecule has 0 atom stereocenters. The minimum atomic E-state index is 0.565. The first-order valence-corrected chi connectivity index (χ1v) is 10.9. The Hall–Kier alpha value is -2.32. The number of hydrogen-bond acceptors (Lipinski definition) is 7. The van der Waals surface area contributed by atoms with Gasteiger partial charge in [0.15, 0.2) is 5.16 Å². The van der Waals surface area contributed by atoms with Gasteiger partial charge in [-0.3, -0.25) is 0 Å². The number of allylic oxidation sites excluding steroid dienone is 1. The van der Waals surface area contributed by atoms with Crippen molar-refractivity contribution in [2.75, 3.05) is 14.2 Å². The van der Waals surface area contributed by atoms with E-state index in [2.05, 4.69) is 26.7 Å². The molecule has 1 aliphatic rings. The number of thioether (sulfide) groups is 1. The Morgan fingerprint density at radius 1 is 1.29 bits per heavy atom. The molecule has 1 aromatic carbocycles. The fraction of sp³-hybridized carbons (Fsp3) is 0.350. The Morgan fingerprint density at radius 2 is 2.14 bits per heavy atom. The molecule has 2 aromatic heterocycles. The normalized spacial score (nSPS) is 13.5. The van der Waals surface area contributed by atoms with Crippen LogP contribution >= 0.6 is 23.1 Å². The topological polar surface area (TPSA) is 62.1 Å². The average Bonchev–Trinajstić information content (AvgIpc) is 3.33. The maximum absolute atomic E-state index is 5.50. The minimum absolute atomic E-state index is 0.565. The highest BCUT2D eigenvalue weighted by Crippen LogP contribution is 2.40. The molecule has 0 bridgehead atoms. The Bertz CT molecular complexity index is 978.